The van der Waals surface area contributed by atoms with E-state index in [2.05, 4.69) is 32.0 Å². The van der Waals surface area contributed by atoms with Gasteiger partial charge in [-0.1, -0.05) is 32.4 Å². The number of hydroxylamine groups is 1. The molecule has 0 amide bonds. The maximum Gasteiger partial charge on any atom is 0.309 e. The summed E-state index contributed by atoms with van der Waals surface area (Å²) in [4.78, 5) is 17.6. The van der Waals surface area contributed by atoms with E-state index in [0.29, 0.717) is 24.7 Å². The van der Waals surface area contributed by atoms with Crippen LogP contribution in [-0.4, -0.2) is 33.4 Å². The molecule has 0 aromatic heterocycles. The molecule has 1 fully saturated rings. The van der Waals surface area contributed by atoms with Crippen LogP contribution in [0.3, 0.4) is 0 Å². The molecule has 1 saturated carbocycles. The number of rotatable bonds is 10. The monoisotopic (exact) mass is 445 g/mol. The fourth-order valence-electron chi connectivity index (χ4n) is 4.32. The van der Waals surface area contributed by atoms with E-state index in [1.54, 1.807) is 7.11 Å². The lowest BCUT2D eigenvalue weighted by Crippen LogP contribution is -2.31. The molecular formula is C26H39NO5. The van der Waals surface area contributed by atoms with Crippen molar-refractivity contribution in [3.8, 4) is 0 Å². The summed E-state index contributed by atoms with van der Waals surface area (Å²) in [7, 11) is 3.11. The van der Waals surface area contributed by atoms with Crippen molar-refractivity contribution in [3.05, 3.63) is 58.7 Å². The Morgan fingerprint density at radius 2 is 1.91 bits per heavy atom. The topological polar surface area (TPSA) is 66.0 Å². The SMILES string of the molecule is C=C(C)/C(NOCC)=C(\OC)C1=CC=C(OC[C@H]2CCCC[C@@H]2C(=O)OC)C(C)C=C1C. The van der Waals surface area contributed by atoms with E-state index in [1.807, 2.05) is 26.0 Å². The van der Waals surface area contributed by atoms with Gasteiger partial charge in [0.1, 0.15) is 11.5 Å². The zero-order valence-electron chi connectivity index (χ0n) is 20.5. The minimum atomic E-state index is -0.122. The number of nitrogens with one attached hydrogen (secondary N) is 1. The van der Waals surface area contributed by atoms with E-state index >= 15 is 0 Å². The van der Waals surface area contributed by atoms with Crippen LogP contribution in [0.15, 0.2) is 58.7 Å². The van der Waals surface area contributed by atoms with Gasteiger partial charge < -0.3 is 14.2 Å². The summed E-state index contributed by atoms with van der Waals surface area (Å²) >= 11 is 0. The first-order chi connectivity index (χ1) is 15.3. The zero-order chi connectivity index (χ0) is 23.7. The fourth-order valence-corrected chi connectivity index (χ4v) is 4.32. The Bertz CT molecular complexity index is 805. The Morgan fingerprint density at radius 1 is 1.19 bits per heavy atom. The number of methoxy groups -OCH3 is 2. The molecule has 0 aromatic rings. The van der Waals surface area contributed by atoms with Gasteiger partial charge in [0, 0.05) is 17.4 Å². The average molecular weight is 446 g/mol. The first-order valence-electron chi connectivity index (χ1n) is 11.5. The molecule has 0 aliphatic heterocycles. The van der Waals surface area contributed by atoms with Gasteiger partial charge in [-0.05, 0) is 56.9 Å². The highest BCUT2D eigenvalue weighted by molar-refractivity contribution is 5.72. The minimum absolute atomic E-state index is 0.0791. The van der Waals surface area contributed by atoms with Gasteiger partial charge in [-0.2, -0.15) is 0 Å². The van der Waals surface area contributed by atoms with Crippen molar-refractivity contribution in [2.24, 2.45) is 17.8 Å². The van der Waals surface area contributed by atoms with Crippen LogP contribution in [0.1, 0.15) is 53.4 Å². The van der Waals surface area contributed by atoms with Gasteiger partial charge in [0.05, 0.1) is 33.4 Å². The molecule has 0 saturated heterocycles. The quantitative estimate of drug-likeness (QED) is 0.211. The van der Waals surface area contributed by atoms with Gasteiger partial charge in [0.15, 0.2) is 5.76 Å². The Kier molecular flexibility index (Phi) is 10.1. The molecule has 2 aliphatic carbocycles. The molecule has 32 heavy (non-hydrogen) atoms. The van der Waals surface area contributed by atoms with Gasteiger partial charge in [0.25, 0.3) is 0 Å². The molecule has 3 atom stereocenters. The maximum absolute atomic E-state index is 12.2. The molecule has 1 unspecified atom stereocenters. The summed E-state index contributed by atoms with van der Waals surface area (Å²) in [6, 6.07) is 0. The average Bonchev–Trinajstić information content (AvgIpc) is 2.92. The Balaban J connectivity index is 2.27. The predicted molar refractivity (Wildman–Crippen MR) is 126 cm³/mol. The molecule has 2 rings (SSSR count). The molecule has 1 N–H and O–H groups in total. The molecule has 6 nitrogen and oxygen atoms in total. The summed E-state index contributed by atoms with van der Waals surface area (Å²) in [6.45, 7) is 13.1. The van der Waals surface area contributed by atoms with Crippen molar-refractivity contribution in [1.82, 2.24) is 5.48 Å². The second-order valence-electron chi connectivity index (χ2n) is 8.50. The lowest BCUT2D eigenvalue weighted by atomic mass is 9.79. The van der Waals surface area contributed by atoms with Crippen LogP contribution >= 0.6 is 0 Å². The number of ether oxygens (including phenoxy) is 3. The van der Waals surface area contributed by atoms with Crippen molar-refractivity contribution in [2.45, 2.75) is 53.4 Å². The lowest BCUT2D eigenvalue weighted by Gasteiger charge is -2.30. The largest absolute Gasteiger partial charge is 0.497 e. The summed E-state index contributed by atoms with van der Waals surface area (Å²) in [5.74, 6) is 1.62. The molecule has 178 valence electrons. The first kappa shape index (κ1) is 25.8. The number of carbonyl (C=O) groups is 1. The van der Waals surface area contributed by atoms with Crippen molar-refractivity contribution in [2.75, 3.05) is 27.4 Å². The second-order valence-corrected chi connectivity index (χ2v) is 8.50. The summed E-state index contributed by atoms with van der Waals surface area (Å²) in [6.07, 6.45) is 10.2. The molecule has 0 aromatic carbocycles. The third-order valence-corrected chi connectivity index (χ3v) is 6.09. The van der Waals surface area contributed by atoms with Crippen LogP contribution in [0.4, 0.5) is 0 Å². The summed E-state index contributed by atoms with van der Waals surface area (Å²) in [5.41, 5.74) is 6.50. The molecule has 0 heterocycles. The van der Waals surface area contributed by atoms with E-state index in [0.717, 1.165) is 48.2 Å². The Morgan fingerprint density at radius 3 is 2.53 bits per heavy atom. The van der Waals surface area contributed by atoms with Gasteiger partial charge in [0.2, 0.25) is 0 Å². The Labute approximate surface area is 193 Å². The van der Waals surface area contributed by atoms with Gasteiger partial charge in [-0.3, -0.25) is 15.1 Å². The fraction of sp³-hybridized carbons (Fsp3) is 0.577. The first-order valence-corrected chi connectivity index (χ1v) is 11.5. The van der Waals surface area contributed by atoms with Crippen molar-refractivity contribution >= 4 is 5.97 Å². The van der Waals surface area contributed by atoms with Crippen LogP contribution in [0, 0.1) is 17.8 Å². The van der Waals surface area contributed by atoms with Gasteiger partial charge in [-0.15, -0.1) is 0 Å². The van der Waals surface area contributed by atoms with Crippen LogP contribution in [0.2, 0.25) is 0 Å². The van der Waals surface area contributed by atoms with Gasteiger partial charge in [-0.25, -0.2) is 0 Å². The highest BCUT2D eigenvalue weighted by atomic mass is 16.6. The van der Waals surface area contributed by atoms with Crippen molar-refractivity contribution < 1.29 is 23.8 Å². The van der Waals surface area contributed by atoms with E-state index in [9.17, 15) is 4.79 Å². The van der Waals surface area contributed by atoms with Crippen molar-refractivity contribution in [1.29, 1.82) is 0 Å². The van der Waals surface area contributed by atoms with E-state index in [4.69, 9.17) is 19.0 Å². The number of allylic oxidation sites excluding steroid dienone is 5. The minimum Gasteiger partial charge on any atom is -0.497 e. The van der Waals surface area contributed by atoms with E-state index in [1.165, 1.54) is 7.11 Å². The summed E-state index contributed by atoms with van der Waals surface area (Å²) < 4.78 is 17.1. The van der Waals surface area contributed by atoms with Crippen LogP contribution in [-0.2, 0) is 23.8 Å². The zero-order valence-corrected chi connectivity index (χ0v) is 20.5. The lowest BCUT2D eigenvalue weighted by molar-refractivity contribution is -0.149. The molecule has 2 aliphatic rings. The van der Waals surface area contributed by atoms with Crippen molar-refractivity contribution in [3.63, 3.8) is 0 Å². The number of hydrogen-bond acceptors (Lipinski definition) is 6. The summed E-state index contributed by atoms with van der Waals surface area (Å²) in [5, 5.41) is 0. The molecule has 6 heteroatoms. The van der Waals surface area contributed by atoms with Gasteiger partial charge >= 0.3 is 5.97 Å². The van der Waals surface area contributed by atoms with Crippen LogP contribution in [0.5, 0.6) is 0 Å². The maximum atomic E-state index is 12.2. The normalized spacial score (nSPS) is 24.2. The highest BCUT2D eigenvalue weighted by Crippen LogP contribution is 2.34. The highest BCUT2D eigenvalue weighted by Gasteiger charge is 2.32. The molecule has 0 bridgehead atoms. The Hall–Kier alpha value is -2.47. The third kappa shape index (κ3) is 6.52. The van der Waals surface area contributed by atoms with Crippen LogP contribution < -0.4 is 5.48 Å². The number of carbonyl (C=O) groups excluding carboxylic acids is 1. The van der Waals surface area contributed by atoms with E-state index < -0.39 is 0 Å². The molecular weight excluding hydrogens is 406 g/mol. The predicted octanol–water partition coefficient (Wildman–Crippen LogP) is 5.36. The molecule has 0 spiro atoms. The standard InChI is InChI=1S/C26H39NO5/c1-8-32-27-24(17(2)3)25(29-6)21-13-14-23(19(5)15-18(21)4)31-16-20-11-9-10-12-22(20)26(28)30-7/h13-15,19-20,22,27H,2,8-12,16H2,1,3-7H3/b25-24+/t19?,20-,22+/m1/s1. The molecule has 0 radical (unpaired) electrons. The second kappa shape index (κ2) is 12.5. The van der Waals surface area contributed by atoms with Crippen LogP contribution in [0.25, 0.3) is 0 Å². The smallest absolute Gasteiger partial charge is 0.309 e. The van der Waals surface area contributed by atoms with E-state index in [-0.39, 0.29) is 23.7 Å². The number of esters is 1. The number of hydrogen-bond donors (Lipinski definition) is 1. The third-order valence-electron chi connectivity index (χ3n) is 6.09.